The maximum Gasteiger partial charge on any atom is 0.235 e. The predicted molar refractivity (Wildman–Crippen MR) is 60.0 cm³/mol. The average molecular weight is 236 g/mol. The van der Waals surface area contributed by atoms with Crippen LogP contribution < -0.4 is 5.32 Å². The predicted octanol–water partition coefficient (Wildman–Crippen LogP) is 0.181. The quantitative estimate of drug-likeness (QED) is 0.740. The van der Waals surface area contributed by atoms with Gasteiger partial charge in [0.1, 0.15) is 0 Å². The minimum atomic E-state index is -3.34. The lowest BCUT2D eigenvalue weighted by molar-refractivity contribution is -0.121. The Kier molecular flexibility index (Phi) is 5.23. The lowest BCUT2D eigenvalue weighted by atomic mass is 10.4. The Morgan fingerprint density at radius 3 is 2.07 bits per heavy atom. The van der Waals surface area contributed by atoms with E-state index in [1.165, 1.54) is 7.05 Å². The third-order valence-corrected chi connectivity index (χ3v) is 4.04. The molecule has 0 fully saturated rings. The first-order valence-corrected chi connectivity index (χ1v) is 6.42. The molecule has 0 atom stereocenters. The number of hydrogen-bond acceptors (Lipinski definition) is 3. The van der Waals surface area contributed by atoms with Crippen LogP contribution in [0.15, 0.2) is 0 Å². The summed E-state index contributed by atoms with van der Waals surface area (Å²) < 4.78 is 24.3. The van der Waals surface area contributed by atoms with E-state index in [1.807, 2.05) is 13.8 Å². The Bertz CT molecular complexity index is 309. The van der Waals surface area contributed by atoms with Crippen LogP contribution in [0.25, 0.3) is 0 Å². The number of rotatable bonds is 5. The van der Waals surface area contributed by atoms with E-state index >= 15 is 0 Å². The summed E-state index contributed by atoms with van der Waals surface area (Å²) >= 11 is 0. The zero-order valence-electron chi connectivity index (χ0n) is 9.94. The first-order chi connectivity index (χ1) is 6.67. The first-order valence-electron chi connectivity index (χ1n) is 4.92. The van der Waals surface area contributed by atoms with Crippen LogP contribution in [0.4, 0.5) is 0 Å². The Balaban J connectivity index is 4.38. The van der Waals surface area contributed by atoms with Gasteiger partial charge in [0.2, 0.25) is 15.9 Å². The summed E-state index contributed by atoms with van der Waals surface area (Å²) in [5.74, 6) is -0.281. The Hall–Kier alpha value is -0.620. The molecule has 1 N–H and O–H groups in total. The van der Waals surface area contributed by atoms with E-state index < -0.39 is 15.3 Å². The van der Waals surface area contributed by atoms with Crippen molar-refractivity contribution in [3.8, 4) is 0 Å². The highest BCUT2D eigenvalue weighted by Crippen LogP contribution is 2.04. The number of nitrogens with one attached hydrogen (secondary N) is 1. The maximum absolute atomic E-state index is 11.6. The molecule has 6 heteroatoms. The second-order valence-corrected chi connectivity index (χ2v) is 6.67. The third kappa shape index (κ3) is 4.61. The van der Waals surface area contributed by atoms with Gasteiger partial charge in [-0.3, -0.25) is 4.79 Å². The second kappa shape index (κ2) is 5.46. The fourth-order valence-electron chi connectivity index (χ4n) is 1.02. The van der Waals surface area contributed by atoms with E-state index in [4.69, 9.17) is 0 Å². The molecule has 0 aliphatic heterocycles. The molecule has 0 aliphatic carbocycles. The number of carbonyl (C=O) groups excluding carboxylic acids is 1. The maximum atomic E-state index is 11.6. The number of likely N-dealkylation sites (N-methyl/N-ethyl adjacent to an activating group) is 1. The molecule has 0 saturated carbocycles. The topological polar surface area (TPSA) is 66.5 Å². The highest BCUT2D eigenvalue weighted by atomic mass is 32.2. The van der Waals surface area contributed by atoms with Crippen molar-refractivity contribution in [1.82, 2.24) is 9.62 Å². The molecular formula is C9H20N2O3S. The molecule has 5 nitrogen and oxygen atoms in total. The van der Waals surface area contributed by atoms with Crippen LogP contribution in [0.3, 0.4) is 0 Å². The van der Waals surface area contributed by atoms with E-state index in [1.54, 1.807) is 13.8 Å². The van der Waals surface area contributed by atoms with Crippen LogP contribution in [-0.2, 0) is 14.8 Å². The number of sulfonamides is 1. The van der Waals surface area contributed by atoms with E-state index in [0.717, 1.165) is 4.31 Å². The Morgan fingerprint density at radius 2 is 1.73 bits per heavy atom. The smallest absolute Gasteiger partial charge is 0.235 e. The van der Waals surface area contributed by atoms with Crippen molar-refractivity contribution in [3.05, 3.63) is 0 Å². The molecule has 15 heavy (non-hydrogen) atoms. The molecule has 0 aliphatic rings. The van der Waals surface area contributed by atoms with Crippen molar-refractivity contribution in [2.45, 2.75) is 39.0 Å². The van der Waals surface area contributed by atoms with E-state index in [0.29, 0.717) is 0 Å². The molecule has 90 valence electrons. The highest BCUT2D eigenvalue weighted by molar-refractivity contribution is 7.89. The Morgan fingerprint density at radius 1 is 1.27 bits per heavy atom. The van der Waals surface area contributed by atoms with Crippen LogP contribution in [0.5, 0.6) is 0 Å². The molecule has 0 heterocycles. The summed E-state index contributed by atoms with van der Waals surface area (Å²) in [5, 5.41) is 2.13. The zero-order chi connectivity index (χ0) is 12.2. The minimum absolute atomic E-state index is 0.0210. The number of hydrogen-bond donors (Lipinski definition) is 1. The van der Waals surface area contributed by atoms with Gasteiger partial charge in [0, 0.05) is 13.1 Å². The molecule has 0 aromatic carbocycles. The lowest BCUT2D eigenvalue weighted by Crippen LogP contribution is -2.42. The van der Waals surface area contributed by atoms with Gasteiger partial charge in [-0.15, -0.1) is 0 Å². The van der Waals surface area contributed by atoms with E-state index in [-0.39, 0.29) is 18.5 Å². The van der Waals surface area contributed by atoms with Crippen molar-refractivity contribution in [1.29, 1.82) is 0 Å². The summed E-state index contributed by atoms with van der Waals surface area (Å²) in [5.41, 5.74) is 0. The van der Waals surface area contributed by atoms with Gasteiger partial charge in [0.15, 0.2) is 0 Å². The normalized spacial score (nSPS) is 12.5. The first kappa shape index (κ1) is 14.4. The van der Waals surface area contributed by atoms with Gasteiger partial charge in [0.25, 0.3) is 0 Å². The fraction of sp³-hybridized carbons (Fsp3) is 0.889. The van der Waals surface area contributed by atoms with Crippen molar-refractivity contribution in [3.63, 3.8) is 0 Å². The van der Waals surface area contributed by atoms with Gasteiger partial charge < -0.3 is 5.32 Å². The summed E-state index contributed by atoms with van der Waals surface area (Å²) in [6.45, 7) is 6.71. The van der Waals surface area contributed by atoms with Crippen molar-refractivity contribution in [2.24, 2.45) is 0 Å². The molecule has 0 saturated heterocycles. The molecule has 0 radical (unpaired) electrons. The monoisotopic (exact) mass is 236 g/mol. The Labute approximate surface area is 91.9 Å². The molecule has 0 bridgehead atoms. The molecule has 1 amide bonds. The molecule has 0 rings (SSSR count). The summed E-state index contributed by atoms with van der Waals surface area (Å²) in [6.07, 6.45) is 0. The number of amides is 1. The largest absolute Gasteiger partial charge is 0.353 e. The summed E-state index contributed by atoms with van der Waals surface area (Å²) in [6, 6.07) is 0.0210. The van der Waals surface area contributed by atoms with Crippen molar-refractivity contribution >= 4 is 15.9 Å². The number of nitrogens with zero attached hydrogens (tertiary/aromatic N) is 1. The summed E-state index contributed by atoms with van der Waals surface area (Å²) in [7, 11) is -1.92. The summed E-state index contributed by atoms with van der Waals surface area (Å²) in [4.78, 5) is 11.3. The molecule has 0 aromatic heterocycles. The van der Waals surface area contributed by atoms with Gasteiger partial charge in [-0.2, -0.15) is 4.31 Å². The zero-order valence-corrected chi connectivity index (χ0v) is 10.8. The van der Waals surface area contributed by atoms with Crippen LogP contribution >= 0.6 is 0 Å². The molecular weight excluding hydrogens is 216 g/mol. The standard InChI is InChI=1S/C9H20N2O3S/c1-7(2)10-9(12)6-11(5)15(13,14)8(3)4/h7-8H,6H2,1-5H3,(H,10,12). The molecule has 0 unspecified atom stereocenters. The van der Waals surface area contributed by atoms with Gasteiger partial charge >= 0.3 is 0 Å². The van der Waals surface area contributed by atoms with Gasteiger partial charge in [-0.1, -0.05) is 0 Å². The van der Waals surface area contributed by atoms with Crippen LogP contribution in [0, 0.1) is 0 Å². The minimum Gasteiger partial charge on any atom is -0.353 e. The van der Waals surface area contributed by atoms with E-state index in [9.17, 15) is 13.2 Å². The second-order valence-electron chi connectivity index (χ2n) is 4.07. The van der Waals surface area contributed by atoms with Gasteiger partial charge in [-0.25, -0.2) is 8.42 Å². The molecule has 0 spiro atoms. The SMILES string of the molecule is CC(C)NC(=O)CN(C)S(=O)(=O)C(C)C. The van der Waals surface area contributed by atoms with Crippen LogP contribution in [0.1, 0.15) is 27.7 Å². The third-order valence-electron chi connectivity index (χ3n) is 1.85. The van der Waals surface area contributed by atoms with Gasteiger partial charge in [0.05, 0.1) is 11.8 Å². The van der Waals surface area contributed by atoms with Gasteiger partial charge in [-0.05, 0) is 27.7 Å². The van der Waals surface area contributed by atoms with Crippen molar-refractivity contribution in [2.75, 3.05) is 13.6 Å². The molecule has 0 aromatic rings. The van der Waals surface area contributed by atoms with Crippen molar-refractivity contribution < 1.29 is 13.2 Å². The average Bonchev–Trinajstić information content (AvgIpc) is 2.01. The fourth-order valence-corrected chi connectivity index (χ4v) is 2.04. The van der Waals surface area contributed by atoms with Crippen LogP contribution in [-0.4, -0.2) is 43.5 Å². The highest BCUT2D eigenvalue weighted by Gasteiger charge is 2.23. The van der Waals surface area contributed by atoms with Crippen LogP contribution in [0.2, 0.25) is 0 Å². The number of carbonyl (C=O) groups is 1. The van der Waals surface area contributed by atoms with E-state index in [2.05, 4.69) is 5.32 Å². The lowest BCUT2D eigenvalue weighted by Gasteiger charge is -2.19.